The van der Waals surface area contributed by atoms with Gasteiger partial charge in [-0.05, 0) is 43.9 Å². The first-order chi connectivity index (χ1) is 16.3. The zero-order valence-electron chi connectivity index (χ0n) is 19.3. The third-order valence-electron chi connectivity index (χ3n) is 5.54. The second-order valence-corrected chi connectivity index (χ2v) is 8.25. The van der Waals surface area contributed by atoms with Crippen molar-refractivity contribution < 1.29 is 14.0 Å². The summed E-state index contributed by atoms with van der Waals surface area (Å²) in [6, 6.07) is 15.4. The molecular formula is C26H26FN5O2. The van der Waals surface area contributed by atoms with Crippen LogP contribution in [0.2, 0.25) is 0 Å². The summed E-state index contributed by atoms with van der Waals surface area (Å²) >= 11 is 0. The van der Waals surface area contributed by atoms with E-state index in [-0.39, 0.29) is 11.8 Å². The van der Waals surface area contributed by atoms with Crippen molar-refractivity contribution in [2.75, 3.05) is 42.7 Å². The van der Waals surface area contributed by atoms with Crippen LogP contribution >= 0.6 is 0 Å². The van der Waals surface area contributed by atoms with E-state index in [9.17, 15) is 14.0 Å². The van der Waals surface area contributed by atoms with Gasteiger partial charge in [-0.25, -0.2) is 4.39 Å². The Morgan fingerprint density at radius 3 is 2.56 bits per heavy atom. The highest BCUT2D eigenvalue weighted by Gasteiger charge is 2.29. The molecule has 8 heteroatoms. The first-order valence-electron chi connectivity index (χ1n) is 10.9. The minimum Gasteiger partial charge on any atom is -0.351 e. The fourth-order valence-electron chi connectivity index (χ4n) is 3.88. The molecular weight excluding hydrogens is 433 g/mol. The summed E-state index contributed by atoms with van der Waals surface area (Å²) < 4.78 is 13.8. The van der Waals surface area contributed by atoms with Crippen LogP contribution in [0.3, 0.4) is 0 Å². The molecule has 2 aromatic carbocycles. The lowest BCUT2D eigenvalue weighted by Gasteiger charge is -2.26. The van der Waals surface area contributed by atoms with Gasteiger partial charge in [-0.3, -0.25) is 14.6 Å². The lowest BCUT2D eigenvalue weighted by molar-refractivity contribution is -0.116. The number of nitrogens with one attached hydrogen (secondary N) is 2. The Hall–Kier alpha value is -4.04. The number of carbonyl (C=O) groups excluding carboxylic acids is 2. The van der Waals surface area contributed by atoms with Crippen molar-refractivity contribution in [2.45, 2.75) is 6.92 Å². The average molecular weight is 460 g/mol. The first-order valence-corrected chi connectivity index (χ1v) is 10.9. The Morgan fingerprint density at radius 2 is 1.85 bits per heavy atom. The number of hydrogen-bond donors (Lipinski definition) is 2. The van der Waals surface area contributed by atoms with E-state index < -0.39 is 5.82 Å². The highest BCUT2D eigenvalue weighted by atomic mass is 19.1. The van der Waals surface area contributed by atoms with E-state index in [1.165, 1.54) is 19.1 Å². The molecule has 0 saturated heterocycles. The molecule has 3 aromatic rings. The van der Waals surface area contributed by atoms with Crippen LogP contribution < -0.4 is 15.5 Å². The van der Waals surface area contributed by atoms with Crippen LogP contribution in [-0.2, 0) is 9.59 Å². The van der Waals surface area contributed by atoms with E-state index in [0.717, 1.165) is 5.56 Å². The van der Waals surface area contributed by atoms with Gasteiger partial charge >= 0.3 is 0 Å². The zero-order valence-corrected chi connectivity index (χ0v) is 19.3. The quantitative estimate of drug-likeness (QED) is 0.521. The van der Waals surface area contributed by atoms with Crippen molar-refractivity contribution in [3.05, 3.63) is 83.9 Å². The lowest BCUT2D eigenvalue weighted by Crippen LogP contribution is -2.35. The Morgan fingerprint density at radius 1 is 1.09 bits per heavy atom. The minimum atomic E-state index is -0.429. The maximum absolute atomic E-state index is 13.8. The average Bonchev–Trinajstić information content (AvgIpc) is 3.13. The summed E-state index contributed by atoms with van der Waals surface area (Å²) in [5.74, 6) is -0.875. The third-order valence-corrected chi connectivity index (χ3v) is 5.54. The lowest BCUT2D eigenvalue weighted by atomic mass is 10.00. The second-order valence-electron chi connectivity index (χ2n) is 8.25. The molecule has 0 bridgehead atoms. The number of amides is 2. The molecule has 1 aromatic heterocycles. The highest BCUT2D eigenvalue weighted by molar-refractivity contribution is 6.37. The van der Waals surface area contributed by atoms with E-state index >= 15 is 0 Å². The van der Waals surface area contributed by atoms with Gasteiger partial charge in [0.2, 0.25) is 5.91 Å². The minimum absolute atomic E-state index is 0.107. The number of halogens is 1. The number of hydrogen-bond acceptors (Lipinski definition) is 5. The molecule has 7 nitrogen and oxygen atoms in total. The fraction of sp³-hybridized carbons (Fsp3) is 0.192. The predicted octanol–water partition coefficient (Wildman–Crippen LogP) is 4.07. The Labute approximate surface area is 197 Å². The van der Waals surface area contributed by atoms with Crippen LogP contribution in [0.4, 0.5) is 21.5 Å². The van der Waals surface area contributed by atoms with E-state index in [2.05, 4.69) is 15.6 Å². The molecule has 2 amide bonds. The largest absolute Gasteiger partial charge is 0.351 e. The predicted molar refractivity (Wildman–Crippen MR) is 133 cm³/mol. The number of fused-ring (bicyclic) bond motifs is 1. The van der Waals surface area contributed by atoms with Gasteiger partial charge in [0.25, 0.3) is 5.91 Å². The molecule has 174 valence electrons. The molecule has 0 fully saturated rings. The van der Waals surface area contributed by atoms with E-state index in [1.807, 2.05) is 49.3 Å². The van der Waals surface area contributed by atoms with Gasteiger partial charge in [0.15, 0.2) is 0 Å². The molecule has 4 rings (SSSR count). The fourth-order valence-corrected chi connectivity index (χ4v) is 3.88. The van der Waals surface area contributed by atoms with Crippen molar-refractivity contribution in [1.29, 1.82) is 0 Å². The van der Waals surface area contributed by atoms with Crippen molar-refractivity contribution in [3.8, 4) is 0 Å². The summed E-state index contributed by atoms with van der Waals surface area (Å²) in [6.45, 7) is 2.68. The number of benzene rings is 2. The maximum atomic E-state index is 13.8. The molecule has 0 unspecified atom stereocenters. The molecule has 0 atom stereocenters. The summed E-state index contributed by atoms with van der Waals surface area (Å²) in [4.78, 5) is 33.5. The standard InChI is InChI=1S/C26H26FN5O2/c1-17(33)32(14-13-31(2)3)23-11-12-28-16-22(23)29-25(18-7-5-4-6-8-18)24-20-10-9-19(27)15-21(20)30-26(24)34/h4-12,15-16,29H,13-14H2,1-3H3,(H,30,34). The number of pyridine rings is 1. The van der Waals surface area contributed by atoms with E-state index in [0.29, 0.717) is 47.0 Å². The molecule has 0 saturated carbocycles. The molecule has 1 aliphatic heterocycles. The van der Waals surface area contributed by atoms with Gasteiger partial charge in [0.1, 0.15) is 5.82 Å². The monoisotopic (exact) mass is 459 g/mol. The summed E-state index contributed by atoms with van der Waals surface area (Å²) in [6.07, 6.45) is 3.25. The summed E-state index contributed by atoms with van der Waals surface area (Å²) in [5, 5.41) is 6.12. The van der Waals surface area contributed by atoms with Crippen molar-refractivity contribution >= 4 is 40.1 Å². The van der Waals surface area contributed by atoms with Gasteiger partial charge < -0.3 is 20.4 Å². The van der Waals surface area contributed by atoms with Crippen LogP contribution in [0.15, 0.2) is 67.0 Å². The van der Waals surface area contributed by atoms with Crippen molar-refractivity contribution in [1.82, 2.24) is 9.88 Å². The van der Waals surface area contributed by atoms with Crippen LogP contribution in [0, 0.1) is 5.82 Å². The van der Waals surface area contributed by atoms with E-state index in [4.69, 9.17) is 0 Å². The summed E-state index contributed by atoms with van der Waals surface area (Å²) in [7, 11) is 3.89. The maximum Gasteiger partial charge on any atom is 0.258 e. The van der Waals surface area contributed by atoms with Crippen molar-refractivity contribution in [2.24, 2.45) is 0 Å². The Balaban J connectivity index is 1.85. The molecule has 34 heavy (non-hydrogen) atoms. The normalized spacial score (nSPS) is 14.0. The summed E-state index contributed by atoms with van der Waals surface area (Å²) in [5.41, 5.74) is 3.93. The topological polar surface area (TPSA) is 77.6 Å². The molecule has 2 heterocycles. The zero-order chi connectivity index (χ0) is 24.2. The second kappa shape index (κ2) is 9.84. The number of carbonyl (C=O) groups is 2. The smallest absolute Gasteiger partial charge is 0.258 e. The SMILES string of the molecule is CC(=O)N(CCN(C)C)c1ccncc1NC(=C1C(=O)Nc2cc(F)ccc21)c1ccccc1. The molecule has 0 radical (unpaired) electrons. The first kappa shape index (κ1) is 23.1. The number of anilines is 3. The molecule has 0 aliphatic carbocycles. The number of likely N-dealkylation sites (N-methyl/N-ethyl adjacent to an activating group) is 1. The Bertz CT molecular complexity index is 1260. The molecule has 0 spiro atoms. The Kier molecular flexibility index (Phi) is 6.70. The van der Waals surface area contributed by atoms with E-state index in [1.54, 1.807) is 29.4 Å². The third kappa shape index (κ3) is 4.82. The van der Waals surface area contributed by atoms with Gasteiger partial charge in [-0.1, -0.05) is 30.3 Å². The van der Waals surface area contributed by atoms with Gasteiger partial charge in [0, 0.05) is 31.8 Å². The number of nitrogens with zero attached hydrogens (tertiary/aromatic N) is 3. The van der Waals surface area contributed by atoms with Crippen LogP contribution in [0.1, 0.15) is 18.1 Å². The van der Waals surface area contributed by atoms with Crippen LogP contribution in [-0.4, -0.2) is 48.9 Å². The molecule has 2 N–H and O–H groups in total. The van der Waals surface area contributed by atoms with Crippen LogP contribution in [0.25, 0.3) is 11.3 Å². The highest BCUT2D eigenvalue weighted by Crippen LogP contribution is 2.39. The number of aromatic nitrogens is 1. The molecule has 1 aliphatic rings. The van der Waals surface area contributed by atoms with Gasteiger partial charge in [-0.15, -0.1) is 0 Å². The van der Waals surface area contributed by atoms with Gasteiger partial charge in [0.05, 0.1) is 34.5 Å². The van der Waals surface area contributed by atoms with Crippen LogP contribution in [0.5, 0.6) is 0 Å². The number of rotatable bonds is 7. The van der Waals surface area contributed by atoms with Gasteiger partial charge in [-0.2, -0.15) is 0 Å². The van der Waals surface area contributed by atoms with Crippen molar-refractivity contribution in [3.63, 3.8) is 0 Å².